The Balaban J connectivity index is 1.61. The minimum absolute atomic E-state index is 0.0258. The average molecular weight is 487 g/mol. The summed E-state index contributed by atoms with van der Waals surface area (Å²) in [5, 5.41) is 3.38. The fraction of sp³-hybridized carbons (Fsp3) is 0.440. The summed E-state index contributed by atoms with van der Waals surface area (Å²) in [6.07, 6.45) is 2.50. The molecule has 34 heavy (non-hydrogen) atoms. The van der Waals surface area contributed by atoms with Gasteiger partial charge in [0.2, 0.25) is 5.91 Å². The van der Waals surface area contributed by atoms with Gasteiger partial charge in [-0.1, -0.05) is 11.6 Å². The number of halogens is 1. The van der Waals surface area contributed by atoms with Gasteiger partial charge in [0.05, 0.1) is 17.7 Å². The van der Waals surface area contributed by atoms with Crippen LogP contribution < -0.4 is 5.32 Å². The minimum Gasteiger partial charge on any atom is -0.444 e. The molecule has 2 heterocycles. The first kappa shape index (κ1) is 25.5. The van der Waals surface area contributed by atoms with Crippen LogP contribution in [0.15, 0.2) is 42.6 Å². The van der Waals surface area contributed by atoms with Crippen molar-refractivity contribution in [3.05, 3.63) is 58.9 Å². The van der Waals surface area contributed by atoms with Crippen LogP contribution in [0.5, 0.6) is 0 Å². The van der Waals surface area contributed by atoms with Crippen LogP contribution in [0, 0.1) is 0 Å². The number of rotatable bonds is 5. The predicted octanol–water partition coefficient (Wildman–Crippen LogP) is 4.39. The number of piperidine rings is 1. The maximum Gasteiger partial charge on any atom is 0.410 e. The van der Waals surface area contributed by atoms with Crippen molar-refractivity contribution >= 4 is 35.2 Å². The Morgan fingerprint density at radius 1 is 1.15 bits per heavy atom. The van der Waals surface area contributed by atoms with Crippen molar-refractivity contribution in [2.75, 3.05) is 25.5 Å². The van der Waals surface area contributed by atoms with E-state index in [4.69, 9.17) is 16.3 Å². The van der Waals surface area contributed by atoms with Gasteiger partial charge in [0.15, 0.2) is 0 Å². The number of likely N-dealkylation sites (tertiary alicyclic amines) is 1. The molecule has 0 saturated carbocycles. The molecule has 1 aromatic carbocycles. The van der Waals surface area contributed by atoms with Crippen molar-refractivity contribution in [3.8, 4) is 0 Å². The van der Waals surface area contributed by atoms with Crippen molar-refractivity contribution < 1.29 is 19.1 Å². The number of carbonyl (C=O) groups is 3. The normalized spacial score (nSPS) is 14.4. The van der Waals surface area contributed by atoms with Crippen LogP contribution in [0.3, 0.4) is 0 Å². The number of amides is 3. The molecular weight excluding hydrogens is 456 g/mol. The van der Waals surface area contributed by atoms with Gasteiger partial charge in [-0.3, -0.25) is 14.6 Å². The highest BCUT2D eigenvalue weighted by atomic mass is 35.5. The Morgan fingerprint density at radius 2 is 1.79 bits per heavy atom. The summed E-state index contributed by atoms with van der Waals surface area (Å²) in [4.78, 5) is 45.8. The van der Waals surface area contributed by atoms with Crippen molar-refractivity contribution in [2.24, 2.45) is 0 Å². The predicted molar refractivity (Wildman–Crippen MR) is 131 cm³/mol. The number of pyridine rings is 1. The van der Waals surface area contributed by atoms with Gasteiger partial charge in [0, 0.05) is 43.1 Å². The number of nitrogens with zero attached hydrogens (tertiary/aromatic N) is 3. The molecule has 0 aliphatic carbocycles. The SMILES string of the molecule is CN(C(=O)c1cccnc1CC(=O)Nc1ccc(Cl)cc1)C1CCN(C(=O)OC(C)(C)C)CC1. The number of hydrogen-bond donors (Lipinski definition) is 1. The van der Waals surface area contributed by atoms with E-state index < -0.39 is 5.60 Å². The molecule has 0 bridgehead atoms. The summed E-state index contributed by atoms with van der Waals surface area (Å²) < 4.78 is 5.44. The van der Waals surface area contributed by atoms with Gasteiger partial charge in [-0.25, -0.2) is 4.79 Å². The van der Waals surface area contributed by atoms with Crippen molar-refractivity contribution in [1.82, 2.24) is 14.8 Å². The van der Waals surface area contributed by atoms with Gasteiger partial charge in [-0.15, -0.1) is 0 Å². The molecule has 1 saturated heterocycles. The summed E-state index contributed by atoms with van der Waals surface area (Å²) in [6.45, 7) is 6.54. The number of nitrogens with one attached hydrogen (secondary N) is 1. The monoisotopic (exact) mass is 486 g/mol. The van der Waals surface area contributed by atoms with Crippen LogP contribution in [0.2, 0.25) is 5.02 Å². The quantitative estimate of drug-likeness (QED) is 0.676. The summed E-state index contributed by atoms with van der Waals surface area (Å²) in [5.74, 6) is -0.471. The maximum atomic E-state index is 13.3. The van der Waals surface area contributed by atoms with Gasteiger partial charge in [0.1, 0.15) is 5.60 Å². The van der Waals surface area contributed by atoms with Gasteiger partial charge < -0.3 is 19.9 Å². The standard InChI is InChI=1S/C25H31ClN4O4/c1-25(2,3)34-24(33)30-14-11-19(12-15-30)29(4)23(32)20-6-5-13-27-21(20)16-22(31)28-18-9-7-17(26)8-10-18/h5-10,13,19H,11-12,14-16H2,1-4H3,(H,28,31). The molecule has 1 fully saturated rings. The molecular formula is C25H31ClN4O4. The lowest BCUT2D eigenvalue weighted by Gasteiger charge is -2.37. The number of hydrogen-bond acceptors (Lipinski definition) is 5. The summed E-state index contributed by atoms with van der Waals surface area (Å²) >= 11 is 5.89. The zero-order valence-electron chi connectivity index (χ0n) is 20.0. The number of aromatic nitrogens is 1. The summed E-state index contributed by atoms with van der Waals surface area (Å²) in [6, 6.07) is 10.2. The third-order valence-electron chi connectivity index (χ3n) is 5.56. The number of anilines is 1. The fourth-order valence-corrected chi connectivity index (χ4v) is 3.91. The minimum atomic E-state index is -0.544. The molecule has 1 aliphatic rings. The van der Waals surface area contributed by atoms with E-state index in [1.807, 2.05) is 20.8 Å². The third-order valence-corrected chi connectivity index (χ3v) is 5.81. The molecule has 8 nitrogen and oxygen atoms in total. The van der Waals surface area contributed by atoms with Gasteiger partial charge >= 0.3 is 6.09 Å². The van der Waals surface area contributed by atoms with Crippen molar-refractivity contribution in [2.45, 2.75) is 51.7 Å². The van der Waals surface area contributed by atoms with Crippen molar-refractivity contribution in [1.29, 1.82) is 0 Å². The average Bonchev–Trinajstić information content (AvgIpc) is 2.79. The van der Waals surface area contributed by atoms with Gasteiger partial charge in [-0.2, -0.15) is 0 Å². The Labute approximate surface area is 205 Å². The summed E-state index contributed by atoms with van der Waals surface area (Å²) in [5.41, 5.74) is 0.881. The second kappa shape index (κ2) is 10.9. The van der Waals surface area contributed by atoms with Crippen LogP contribution in [-0.4, -0.2) is 64.5 Å². The Kier molecular flexibility index (Phi) is 8.15. The van der Waals surface area contributed by atoms with Crippen molar-refractivity contribution in [3.63, 3.8) is 0 Å². The van der Waals surface area contributed by atoms with Crippen LogP contribution in [0.1, 0.15) is 49.7 Å². The molecule has 2 aromatic rings. The molecule has 0 spiro atoms. The van der Waals surface area contributed by atoms with Crippen LogP contribution in [-0.2, 0) is 16.0 Å². The van der Waals surface area contributed by atoms with E-state index in [9.17, 15) is 14.4 Å². The fourth-order valence-electron chi connectivity index (χ4n) is 3.78. The Hall–Kier alpha value is -3.13. The molecule has 0 atom stereocenters. The highest BCUT2D eigenvalue weighted by Crippen LogP contribution is 2.21. The highest BCUT2D eigenvalue weighted by Gasteiger charge is 2.31. The lowest BCUT2D eigenvalue weighted by atomic mass is 10.0. The molecule has 1 aromatic heterocycles. The molecule has 0 radical (unpaired) electrons. The Morgan fingerprint density at radius 3 is 2.41 bits per heavy atom. The largest absolute Gasteiger partial charge is 0.444 e. The molecule has 3 amide bonds. The first-order chi connectivity index (χ1) is 16.0. The maximum absolute atomic E-state index is 13.3. The topological polar surface area (TPSA) is 91.8 Å². The first-order valence-electron chi connectivity index (χ1n) is 11.3. The lowest BCUT2D eigenvalue weighted by molar-refractivity contribution is -0.115. The lowest BCUT2D eigenvalue weighted by Crippen LogP contribution is -2.48. The van der Waals surface area contributed by atoms with Gasteiger partial charge in [-0.05, 0) is 70.0 Å². The molecule has 3 rings (SSSR count). The zero-order chi connectivity index (χ0) is 24.9. The molecule has 1 aliphatic heterocycles. The molecule has 0 unspecified atom stereocenters. The number of benzene rings is 1. The molecule has 1 N–H and O–H groups in total. The van der Waals surface area contributed by atoms with E-state index in [2.05, 4.69) is 10.3 Å². The van der Waals surface area contributed by atoms with Crippen LogP contribution >= 0.6 is 11.6 Å². The summed E-state index contributed by atoms with van der Waals surface area (Å²) in [7, 11) is 1.75. The van der Waals surface area contributed by atoms with E-state index in [0.717, 1.165) is 0 Å². The second-order valence-electron chi connectivity index (χ2n) is 9.34. The van der Waals surface area contributed by atoms with E-state index >= 15 is 0 Å². The second-order valence-corrected chi connectivity index (χ2v) is 9.78. The Bertz CT molecular complexity index is 1030. The first-order valence-corrected chi connectivity index (χ1v) is 11.7. The van der Waals surface area contributed by atoms with E-state index in [1.54, 1.807) is 59.4 Å². The van der Waals surface area contributed by atoms with E-state index in [0.29, 0.717) is 47.9 Å². The number of ether oxygens (including phenoxy) is 1. The van der Waals surface area contributed by atoms with Crippen LogP contribution in [0.4, 0.5) is 10.5 Å². The zero-order valence-corrected chi connectivity index (χ0v) is 20.8. The van der Waals surface area contributed by atoms with Gasteiger partial charge in [0.25, 0.3) is 5.91 Å². The van der Waals surface area contributed by atoms with Crippen LogP contribution in [0.25, 0.3) is 0 Å². The number of carbonyl (C=O) groups excluding carboxylic acids is 3. The highest BCUT2D eigenvalue weighted by molar-refractivity contribution is 6.30. The van der Waals surface area contributed by atoms with E-state index in [1.165, 1.54) is 0 Å². The van der Waals surface area contributed by atoms with E-state index in [-0.39, 0.29) is 30.4 Å². The smallest absolute Gasteiger partial charge is 0.410 e. The third kappa shape index (κ3) is 6.93. The molecule has 182 valence electrons. The molecule has 9 heteroatoms.